The third-order valence-corrected chi connectivity index (χ3v) is 4.90. The minimum absolute atomic E-state index is 0.303. The highest BCUT2D eigenvalue weighted by Gasteiger charge is 2.14. The summed E-state index contributed by atoms with van der Waals surface area (Å²) in [4.78, 5) is 16.9. The van der Waals surface area contributed by atoms with E-state index in [9.17, 15) is 4.79 Å². The second-order valence-electron chi connectivity index (χ2n) is 5.98. The number of hydrogen-bond donors (Lipinski definition) is 1. The van der Waals surface area contributed by atoms with Gasteiger partial charge in [-0.2, -0.15) is 0 Å². The molecule has 0 saturated carbocycles. The molecule has 1 N–H and O–H groups in total. The standard InChI is InChI=1S/C21H14Cl2N2O3/c1-27-18-5-3-2-4-14(18)21-25-17-9-7-13(11-19(17)28-21)24-20(26)12-6-8-15(22)16(23)10-12/h2-11H,1H3,(H,24,26). The minimum atomic E-state index is -0.303. The van der Waals surface area contributed by atoms with Crippen LogP contribution in [0.25, 0.3) is 22.6 Å². The summed E-state index contributed by atoms with van der Waals surface area (Å²) in [6.07, 6.45) is 0. The summed E-state index contributed by atoms with van der Waals surface area (Å²) in [6, 6.07) is 17.4. The van der Waals surface area contributed by atoms with Gasteiger partial charge in [0, 0.05) is 17.3 Å². The highest BCUT2D eigenvalue weighted by molar-refractivity contribution is 6.42. The van der Waals surface area contributed by atoms with Crippen molar-refractivity contribution in [2.75, 3.05) is 12.4 Å². The van der Waals surface area contributed by atoms with Gasteiger partial charge in [-0.3, -0.25) is 4.79 Å². The Morgan fingerprint density at radius 2 is 1.86 bits per heavy atom. The van der Waals surface area contributed by atoms with Crippen LogP contribution in [-0.4, -0.2) is 18.0 Å². The average molecular weight is 413 g/mol. The number of carbonyl (C=O) groups excluding carboxylic acids is 1. The fourth-order valence-corrected chi connectivity index (χ4v) is 3.08. The van der Waals surface area contributed by atoms with E-state index in [0.717, 1.165) is 5.56 Å². The molecule has 4 rings (SSSR count). The SMILES string of the molecule is COc1ccccc1-c1nc2ccc(NC(=O)c3ccc(Cl)c(Cl)c3)cc2o1. The summed E-state index contributed by atoms with van der Waals surface area (Å²) in [5.41, 5.74) is 2.96. The van der Waals surface area contributed by atoms with Gasteiger partial charge in [0.25, 0.3) is 5.91 Å². The molecular formula is C21H14Cl2N2O3. The molecule has 0 fully saturated rings. The molecule has 0 spiro atoms. The number of hydrogen-bond acceptors (Lipinski definition) is 4. The number of aromatic nitrogens is 1. The van der Waals surface area contributed by atoms with E-state index in [1.54, 1.807) is 37.4 Å². The summed E-state index contributed by atoms with van der Waals surface area (Å²) < 4.78 is 11.2. The summed E-state index contributed by atoms with van der Waals surface area (Å²) in [5.74, 6) is 0.810. The number of carbonyl (C=O) groups is 1. The molecule has 3 aromatic carbocycles. The molecule has 0 unspecified atom stereocenters. The third-order valence-electron chi connectivity index (χ3n) is 4.17. The fraction of sp³-hybridized carbons (Fsp3) is 0.0476. The zero-order chi connectivity index (χ0) is 19.7. The second kappa shape index (κ2) is 7.54. The quantitative estimate of drug-likeness (QED) is 0.442. The number of methoxy groups -OCH3 is 1. The van der Waals surface area contributed by atoms with Crippen LogP contribution in [0.1, 0.15) is 10.4 Å². The lowest BCUT2D eigenvalue weighted by atomic mass is 10.2. The molecular weight excluding hydrogens is 399 g/mol. The van der Waals surface area contributed by atoms with Crippen molar-refractivity contribution in [2.45, 2.75) is 0 Å². The summed E-state index contributed by atoms with van der Waals surface area (Å²) in [6.45, 7) is 0. The molecule has 0 aliphatic carbocycles. The number of para-hydroxylation sites is 1. The number of anilines is 1. The highest BCUT2D eigenvalue weighted by atomic mass is 35.5. The topological polar surface area (TPSA) is 64.4 Å². The van der Waals surface area contributed by atoms with Gasteiger partial charge in [-0.25, -0.2) is 4.98 Å². The number of benzene rings is 3. The van der Waals surface area contributed by atoms with E-state index in [0.29, 0.717) is 44.0 Å². The summed E-state index contributed by atoms with van der Waals surface area (Å²) >= 11 is 11.9. The molecule has 4 aromatic rings. The lowest BCUT2D eigenvalue weighted by Gasteiger charge is -2.06. The second-order valence-corrected chi connectivity index (χ2v) is 6.80. The maximum atomic E-state index is 12.4. The lowest BCUT2D eigenvalue weighted by Crippen LogP contribution is -2.11. The van der Waals surface area contributed by atoms with Crippen LogP contribution in [0.2, 0.25) is 10.0 Å². The molecule has 7 heteroatoms. The zero-order valence-corrected chi connectivity index (χ0v) is 16.2. The van der Waals surface area contributed by atoms with E-state index >= 15 is 0 Å². The molecule has 1 aromatic heterocycles. The van der Waals surface area contributed by atoms with E-state index in [1.165, 1.54) is 6.07 Å². The maximum absolute atomic E-state index is 12.4. The molecule has 0 bridgehead atoms. The van der Waals surface area contributed by atoms with E-state index in [1.807, 2.05) is 24.3 Å². The normalized spacial score (nSPS) is 10.8. The summed E-state index contributed by atoms with van der Waals surface area (Å²) in [7, 11) is 1.60. The number of fused-ring (bicyclic) bond motifs is 1. The number of ether oxygens (including phenoxy) is 1. The molecule has 0 radical (unpaired) electrons. The van der Waals surface area contributed by atoms with Crippen LogP contribution in [0.4, 0.5) is 5.69 Å². The first-order chi connectivity index (χ1) is 13.5. The number of rotatable bonds is 4. The fourth-order valence-electron chi connectivity index (χ4n) is 2.78. The van der Waals surface area contributed by atoms with E-state index in [4.69, 9.17) is 32.4 Å². The number of halogens is 2. The van der Waals surface area contributed by atoms with Crippen LogP contribution < -0.4 is 10.1 Å². The number of nitrogens with zero attached hydrogens (tertiary/aromatic N) is 1. The van der Waals surface area contributed by atoms with Crippen LogP contribution in [-0.2, 0) is 0 Å². The predicted octanol–water partition coefficient (Wildman–Crippen LogP) is 6.06. The van der Waals surface area contributed by atoms with Crippen LogP contribution in [0, 0.1) is 0 Å². The molecule has 0 aliphatic heterocycles. The zero-order valence-electron chi connectivity index (χ0n) is 14.7. The van der Waals surface area contributed by atoms with Crippen LogP contribution >= 0.6 is 23.2 Å². The van der Waals surface area contributed by atoms with E-state index in [2.05, 4.69) is 10.3 Å². The average Bonchev–Trinajstić information content (AvgIpc) is 3.13. The largest absolute Gasteiger partial charge is 0.496 e. The Hall–Kier alpha value is -3.02. The molecule has 1 heterocycles. The van der Waals surface area contributed by atoms with Crippen LogP contribution in [0.5, 0.6) is 5.75 Å². The van der Waals surface area contributed by atoms with Crippen molar-refractivity contribution in [3.05, 3.63) is 76.3 Å². The Morgan fingerprint density at radius 1 is 1.04 bits per heavy atom. The van der Waals surface area contributed by atoms with Gasteiger partial charge in [-0.15, -0.1) is 0 Å². The number of nitrogens with one attached hydrogen (secondary N) is 1. The van der Waals surface area contributed by atoms with Gasteiger partial charge in [0.05, 0.1) is 22.7 Å². The Bertz CT molecular complexity index is 1190. The van der Waals surface area contributed by atoms with Gasteiger partial charge < -0.3 is 14.5 Å². The highest BCUT2D eigenvalue weighted by Crippen LogP contribution is 2.32. The number of oxazole rings is 1. The summed E-state index contributed by atoms with van der Waals surface area (Å²) in [5, 5.41) is 3.53. The molecule has 5 nitrogen and oxygen atoms in total. The maximum Gasteiger partial charge on any atom is 0.255 e. The Balaban J connectivity index is 1.63. The van der Waals surface area contributed by atoms with Gasteiger partial charge in [0.15, 0.2) is 5.58 Å². The molecule has 0 aliphatic rings. The van der Waals surface area contributed by atoms with Crippen molar-refractivity contribution in [1.82, 2.24) is 4.98 Å². The van der Waals surface area contributed by atoms with Gasteiger partial charge in [0.1, 0.15) is 11.3 Å². The van der Waals surface area contributed by atoms with Crippen molar-refractivity contribution in [3.63, 3.8) is 0 Å². The first kappa shape index (κ1) is 18.3. The van der Waals surface area contributed by atoms with Crippen LogP contribution in [0.15, 0.2) is 65.1 Å². The van der Waals surface area contributed by atoms with Crippen LogP contribution in [0.3, 0.4) is 0 Å². The van der Waals surface area contributed by atoms with Crippen molar-refractivity contribution >= 4 is 45.9 Å². The van der Waals surface area contributed by atoms with Gasteiger partial charge in [-0.1, -0.05) is 35.3 Å². The molecule has 28 heavy (non-hydrogen) atoms. The van der Waals surface area contributed by atoms with E-state index in [-0.39, 0.29) is 5.91 Å². The monoisotopic (exact) mass is 412 g/mol. The third kappa shape index (κ3) is 3.54. The van der Waals surface area contributed by atoms with Gasteiger partial charge in [-0.05, 0) is 42.5 Å². The number of amides is 1. The molecule has 0 saturated heterocycles. The minimum Gasteiger partial charge on any atom is -0.496 e. The Kier molecular flexibility index (Phi) is 4.94. The lowest BCUT2D eigenvalue weighted by molar-refractivity contribution is 0.102. The first-order valence-electron chi connectivity index (χ1n) is 8.35. The predicted molar refractivity (Wildman–Crippen MR) is 110 cm³/mol. The molecule has 1 amide bonds. The van der Waals surface area contributed by atoms with Gasteiger partial charge in [0.2, 0.25) is 5.89 Å². The smallest absolute Gasteiger partial charge is 0.255 e. The van der Waals surface area contributed by atoms with Gasteiger partial charge >= 0.3 is 0 Å². The molecule has 0 atom stereocenters. The van der Waals surface area contributed by atoms with E-state index < -0.39 is 0 Å². The van der Waals surface area contributed by atoms with Crippen molar-refractivity contribution in [1.29, 1.82) is 0 Å². The van der Waals surface area contributed by atoms with Crippen molar-refractivity contribution in [3.8, 4) is 17.2 Å². The first-order valence-corrected chi connectivity index (χ1v) is 9.11. The molecule has 140 valence electrons. The van der Waals surface area contributed by atoms with Crippen molar-refractivity contribution in [2.24, 2.45) is 0 Å². The Morgan fingerprint density at radius 3 is 2.64 bits per heavy atom. The Labute approximate surface area is 170 Å². The van der Waals surface area contributed by atoms with Crippen molar-refractivity contribution < 1.29 is 13.9 Å².